The van der Waals surface area contributed by atoms with Gasteiger partial charge in [0, 0.05) is 42.7 Å². The lowest BCUT2D eigenvalue weighted by molar-refractivity contribution is -0.137. The molecule has 1 aliphatic rings. The number of carboxylic acids is 1. The molecule has 0 unspecified atom stereocenters. The van der Waals surface area contributed by atoms with Crippen LogP contribution in [0.15, 0.2) is 60.9 Å². The molecule has 10 nitrogen and oxygen atoms in total. The van der Waals surface area contributed by atoms with E-state index < -0.39 is 5.97 Å². The SMILES string of the molecule is CCOC(=O)/C=C/CNCCCCN1c2ccc(OCCOC)cc2CCc2ccc(Cl)cc21.O=CO/C=C\C(=O)O. The van der Waals surface area contributed by atoms with Crippen LogP contribution in [0, 0.1) is 0 Å². The number of aryl methyl sites for hydroxylation is 2. The third kappa shape index (κ3) is 12.8. The molecule has 2 aromatic carbocycles. The second kappa shape index (κ2) is 20.1. The van der Waals surface area contributed by atoms with Crippen molar-refractivity contribution in [3.63, 3.8) is 0 Å². The second-order valence-electron chi connectivity index (χ2n) is 9.00. The largest absolute Gasteiger partial charge is 0.491 e. The van der Waals surface area contributed by atoms with Gasteiger partial charge in [-0.15, -0.1) is 0 Å². The van der Waals surface area contributed by atoms with E-state index >= 15 is 0 Å². The number of halogens is 1. The van der Waals surface area contributed by atoms with Crippen molar-refractivity contribution in [3.8, 4) is 5.75 Å². The lowest BCUT2D eigenvalue weighted by Gasteiger charge is -2.27. The monoisotopic (exact) mass is 602 g/mol. The van der Waals surface area contributed by atoms with Crippen LogP contribution in [-0.4, -0.2) is 70.1 Å². The Kier molecular flexibility index (Phi) is 16.4. The number of rotatable bonds is 16. The van der Waals surface area contributed by atoms with Crippen LogP contribution < -0.4 is 15.0 Å². The molecule has 1 heterocycles. The Balaban J connectivity index is 0.000000675. The van der Waals surface area contributed by atoms with Gasteiger partial charge < -0.3 is 34.3 Å². The van der Waals surface area contributed by atoms with E-state index in [1.807, 2.05) is 12.1 Å². The number of nitrogens with one attached hydrogen (secondary N) is 1. The van der Waals surface area contributed by atoms with Crippen LogP contribution in [-0.2, 0) is 41.4 Å². The summed E-state index contributed by atoms with van der Waals surface area (Å²) in [5.74, 6) is -0.569. The maximum Gasteiger partial charge on any atom is 0.331 e. The Morgan fingerprint density at radius 2 is 1.86 bits per heavy atom. The number of nitrogens with zero attached hydrogens (tertiary/aromatic N) is 1. The number of hydrogen-bond acceptors (Lipinski definition) is 9. The first-order valence-electron chi connectivity index (χ1n) is 13.7. The van der Waals surface area contributed by atoms with E-state index in [4.69, 9.17) is 30.9 Å². The van der Waals surface area contributed by atoms with Gasteiger partial charge in [0.25, 0.3) is 6.47 Å². The number of carbonyl (C=O) groups is 3. The van der Waals surface area contributed by atoms with E-state index in [9.17, 15) is 14.4 Å². The van der Waals surface area contributed by atoms with Crippen molar-refractivity contribution in [3.05, 3.63) is 77.0 Å². The molecule has 0 saturated carbocycles. The van der Waals surface area contributed by atoms with Crippen molar-refractivity contribution >= 4 is 41.4 Å². The molecule has 0 fully saturated rings. The van der Waals surface area contributed by atoms with Gasteiger partial charge in [0.2, 0.25) is 0 Å². The maximum absolute atomic E-state index is 11.3. The topological polar surface area (TPSA) is 124 Å². The summed E-state index contributed by atoms with van der Waals surface area (Å²) in [5, 5.41) is 12.0. The predicted octanol–water partition coefficient (Wildman–Crippen LogP) is 4.85. The first kappa shape index (κ1) is 34.3. The van der Waals surface area contributed by atoms with Crippen molar-refractivity contribution in [2.75, 3.05) is 51.5 Å². The smallest absolute Gasteiger partial charge is 0.331 e. The van der Waals surface area contributed by atoms with Crippen molar-refractivity contribution in [2.24, 2.45) is 0 Å². The molecule has 0 radical (unpaired) electrons. The number of esters is 1. The second-order valence-corrected chi connectivity index (χ2v) is 9.43. The molecule has 0 bridgehead atoms. The normalized spacial score (nSPS) is 12.1. The number of aliphatic carboxylic acids is 1. The lowest BCUT2D eigenvalue weighted by Crippen LogP contribution is -2.22. The van der Waals surface area contributed by atoms with Crippen LogP contribution in [0.4, 0.5) is 11.4 Å². The molecule has 42 heavy (non-hydrogen) atoms. The van der Waals surface area contributed by atoms with E-state index in [0.29, 0.717) is 32.4 Å². The quantitative estimate of drug-likeness (QED) is 0.0906. The Labute approximate surface area is 251 Å². The zero-order valence-electron chi connectivity index (χ0n) is 24.1. The van der Waals surface area contributed by atoms with Gasteiger partial charge in [-0.05, 0) is 80.6 Å². The van der Waals surface area contributed by atoms with Crippen LogP contribution >= 0.6 is 11.6 Å². The van der Waals surface area contributed by atoms with Gasteiger partial charge in [0.1, 0.15) is 18.6 Å². The highest BCUT2D eigenvalue weighted by Crippen LogP contribution is 2.39. The average molecular weight is 603 g/mol. The summed E-state index contributed by atoms with van der Waals surface area (Å²) in [6, 6.07) is 12.5. The number of anilines is 2. The molecule has 0 aliphatic carbocycles. The number of carboxylic acid groups (broad SMARTS) is 1. The van der Waals surface area contributed by atoms with Gasteiger partial charge >= 0.3 is 11.9 Å². The number of hydrogen-bond donors (Lipinski definition) is 2. The van der Waals surface area contributed by atoms with Gasteiger partial charge in [-0.25, -0.2) is 9.59 Å². The molecule has 0 atom stereocenters. The summed E-state index contributed by atoms with van der Waals surface area (Å²) in [5.41, 5.74) is 4.99. The number of fused-ring (bicyclic) bond motifs is 2. The van der Waals surface area contributed by atoms with Gasteiger partial charge in [0.15, 0.2) is 0 Å². The third-order valence-corrected chi connectivity index (χ3v) is 6.27. The Morgan fingerprint density at radius 1 is 1.05 bits per heavy atom. The fraction of sp³-hybridized carbons (Fsp3) is 0.387. The zero-order valence-corrected chi connectivity index (χ0v) is 24.8. The maximum atomic E-state index is 11.3. The predicted molar refractivity (Wildman–Crippen MR) is 161 cm³/mol. The van der Waals surface area contributed by atoms with Crippen molar-refractivity contribution in [2.45, 2.75) is 32.6 Å². The molecule has 0 amide bonds. The minimum Gasteiger partial charge on any atom is -0.491 e. The average Bonchev–Trinajstić information content (AvgIpc) is 3.11. The number of methoxy groups -OCH3 is 1. The van der Waals surface area contributed by atoms with Gasteiger partial charge in [-0.1, -0.05) is 23.7 Å². The van der Waals surface area contributed by atoms with Crippen LogP contribution in [0.5, 0.6) is 5.75 Å². The van der Waals surface area contributed by atoms with Gasteiger partial charge in [0.05, 0.1) is 19.3 Å². The Morgan fingerprint density at radius 3 is 2.60 bits per heavy atom. The minimum absolute atomic E-state index is 0.138. The number of benzene rings is 2. The number of unbranched alkanes of at least 4 members (excludes halogenated alkanes) is 1. The third-order valence-electron chi connectivity index (χ3n) is 6.03. The minimum atomic E-state index is -1.15. The first-order valence-corrected chi connectivity index (χ1v) is 14.1. The molecule has 0 spiro atoms. The Bertz CT molecular complexity index is 1200. The summed E-state index contributed by atoms with van der Waals surface area (Å²) in [6.45, 7) is 5.86. The molecule has 0 aromatic heterocycles. The molecule has 228 valence electrons. The zero-order chi connectivity index (χ0) is 30.6. The van der Waals surface area contributed by atoms with E-state index in [-0.39, 0.29) is 12.4 Å². The number of ether oxygens (including phenoxy) is 4. The molecule has 3 rings (SSSR count). The molecule has 0 saturated heterocycles. The van der Waals surface area contributed by atoms with Crippen LogP contribution in [0.2, 0.25) is 5.02 Å². The number of carbonyl (C=O) groups excluding carboxylic acids is 2. The van der Waals surface area contributed by atoms with E-state index in [2.05, 4.69) is 39.2 Å². The van der Waals surface area contributed by atoms with Crippen molar-refractivity contribution in [1.82, 2.24) is 5.32 Å². The highest BCUT2D eigenvalue weighted by Gasteiger charge is 2.21. The summed E-state index contributed by atoms with van der Waals surface area (Å²) >= 11 is 6.38. The molecular formula is C31H39ClN2O8. The highest BCUT2D eigenvalue weighted by molar-refractivity contribution is 6.30. The summed E-state index contributed by atoms with van der Waals surface area (Å²) in [6.07, 6.45) is 8.73. The lowest BCUT2D eigenvalue weighted by atomic mass is 10.0. The molecule has 2 N–H and O–H groups in total. The fourth-order valence-corrected chi connectivity index (χ4v) is 4.34. The standard InChI is InChI=1S/C27H35ClN2O4.C4H4O4/c1-3-33-27(31)7-6-15-29-14-4-5-16-30-25-13-12-24(34-18-17-32-2)19-22(25)9-8-21-10-11-23(28)20-26(21)30;5-3-8-2-1-4(6)7/h6-7,10-13,19-20,29H,3-5,8-9,14-18H2,1-2H3;1-3H,(H,6,7)/b7-6+;2-1-. The Hall–Kier alpha value is -3.86. The highest BCUT2D eigenvalue weighted by atomic mass is 35.5. The van der Waals surface area contributed by atoms with Crippen LogP contribution in [0.1, 0.15) is 30.9 Å². The van der Waals surface area contributed by atoms with Crippen molar-refractivity contribution < 1.29 is 38.4 Å². The van der Waals surface area contributed by atoms with Crippen LogP contribution in [0.25, 0.3) is 0 Å². The summed E-state index contributed by atoms with van der Waals surface area (Å²) in [7, 11) is 1.68. The van der Waals surface area contributed by atoms with Crippen LogP contribution in [0.3, 0.4) is 0 Å². The van der Waals surface area contributed by atoms with E-state index in [1.165, 1.54) is 28.6 Å². The molecule has 1 aliphatic heterocycles. The summed E-state index contributed by atoms with van der Waals surface area (Å²) in [4.78, 5) is 32.6. The fourth-order valence-electron chi connectivity index (χ4n) is 4.18. The molecular weight excluding hydrogens is 564 g/mol. The van der Waals surface area contributed by atoms with E-state index in [0.717, 1.165) is 55.8 Å². The molecule has 2 aromatic rings. The molecule has 11 heteroatoms. The van der Waals surface area contributed by atoms with Gasteiger partial charge in [-0.2, -0.15) is 0 Å². The summed E-state index contributed by atoms with van der Waals surface area (Å²) < 4.78 is 19.7. The first-order chi connectivity index (χ1) is 20.4. The van der Waals surface area contributed by atoms with E-state index in [1.54, 1.807) is 20.1 Å². The van der Waals surface area contributed by atoms with Gasteiger partial charge in [-0.3, -0.25) is 4.79 Å². The van der Waals surface area contributed by atoms with Crippen molar-refractivity contribution in [1.29, 1.82) is 0 Å².